The second kappa shape index (κ2) is 11.0. The zero-order chi connectivity index (χ0) is 23.9. The molecule has 1 aliphatic rings. The fourth-order valence-electron chi connectivity index (χ4n) is 3.58. The van der Waals surface area contributed by atoms with Crippen molar-refractivity contribution in [2.45, 2.75) is 32.3 Å². The number of aryl methyl sites for hydroxylation is 1. The van der Waals surface area contributed by atoms with E-state index in [1.54, 1.807) is 30.3 Å². The van der Waals surface area contributed by atoms with Gasteiger partial charge in [0.05, 0.1) is 11.8 Å². The normalized spacial score (nSPS) is 12.6. The second-order valence-corrected chi connectivity index (χ2v) is 9.21. The molecule has 0 bridgehead atoms. The molecule has 0 radical (unpaired) electrons. The first-order valence-corrected chi connectivity index (χ1v) is 11.9. The van der Waals surface area contributed by atoms with E-state index in [1.165, 1.54) is 17.6 Å². The number of benzene rings is 2. The summed E-state index contributed by atoms with van der Waals surface area (Å²) in [5.74, 6) is -1.15. The summed E-state index contributed by atoms with van der Waals surface area (Å²) < 4.78 is 5.78. The Morgan fingerprint density at radius 1 is 1.15 bits per heavy atom. The van der Waals surface area contributed by atoms with Crippen molar-refractivity contribution in [2.24, 2.45) is 5.10 Å². The number of rotatable bonds is 6. The van der Waals surface area contributed by atoms with Crippen LogP contribution in [-0.4, -0.2) is 18.0 Å². The summed E-state index contributed by atoms with van der Waals surface area (Å²) in [4.78, 5) is 25.6. The molecule has 7 nitrogen and oxygen atoms in total. The summed E-state index contributed by atoms with van der Waals surface area (Å²) >= 11 is 7.26. The SMILES string of the molecule is N#Cc1c(NC(=O)C(=O)N/N=C/c2cccc(OCc3ccc(Cl)cc3)c2)sc2c1CCCC2. The zero-order valence-corrected chi connectivity index (χ0v) is 19.7. The molecular weight excluding hydrogens is 472 g/mol. The Bertz CT molecular complexity index is 1280. The molecule has 9 heteroatoms. The lowest BCUT2D eigenvalue weighted by Crippen LogP contribution is -2.32. The maximum atomic E-state index is 12.3. The van der Waals surface area contributed by atoms with Crippen LogP contribution in [0.1, 0.15) is 40.0 Å². The number of anilines is 1. The lowest BCUT2D eigenvalue weighted by molar-refractivity contribution is -0.136. The molecule has 0 unspecified atom stereocenters. The van der Waals surface area contributed by atoms with Crippen molar-refractivity contribution in [1.29, 1.82) is 5.26 Å². The second-order valence-electron chi connectivity index (χ2n) is 7.67. The Morgan fingerprint density at radius 3 is 2.74 bits per heavy atom. The lowest BCUT2D eigenvalue weighted by Gasteiger charge is -2.09. The molecule has 0 aliphatic heterocycles. The van der Waals surface area contributed by atoms with Gasteiger partial charge in [-0.3, -0.25) is 9.59 Å². The van der Waals surface area contributed by atoms with Crippen molar-refractivity contribution in [3.8, 4) is 11.8 Å². The number of hydrazone groups is 1. The third-order valence-electron chi connectivity index (χ3n) is 5.27. The van der Waals surface area contributed by atoms with E-state index in [4.69, 9.17) is 16.3 Å². The molecule has 0 saturated carbocycles. The molecule has 0 fully saturated rings. The van der Waals surface area contributed by atoms with Gasteiger partial charge in [0.25, 0.3) is 0 Å². The number of hydrogen-bond donors (Lipinski definition) is 2. The molecule has 0 saturated heterocycles. The van der Waals surface area contributed by atoms with Gasteiger partial charge in [-0.05, 0) is 66.6 Å². The minimum atomic E-state index is -0.915. The Kier molecular flexibility index (Phi) is 7.58. The highest BCUT2D eigenvalue weighted by molar-refractivity contribution is 7.16. The van der Waals surface area contributed by atoms with Crippen LogP contribution in [0.25, 0.3) is 0 Å². The third kappa shape index (κ3) is 5.81. The van der Waals surface area contributed by atoms with Crippen LogP contribution in [0.4, 0.5) is 5.00 Å². The number of ether oxygens (including phenoxy) is 1. The maximum absolute atomic E-state index is 12.3. The van der Waals surface area contributed by atoms with Crippen LogP contribution in [-0.2, 0) is 29.0 Å². The van der Waals surface area contributed by atoms with Crippen molar-refractivity contribution < 1.29 is 14.3 Å². The molecule has 3 aromatic rings. The molecule has 1 aromatic heterocycles. The Hall–Kier alpha value is -3.67. The predicted molar refractivity (Wildman–Crippen MR) is 132 cm³/mol. The van der Waals surface area contributed by atoms with Gasteiger partial charge < -0.3 is 10.1 Å². The highest BCUT2D eigenvalue weighted by atomic mass is 35.5. The van der Waals surface area contributed by atoms with Gasteiger partial charge in [0, 0.05) is 9.90 Å². The average molecular weight is 493 g/mol. The smallest absolute Gasteiger partial charge is 0.329 e. The Labute approximate surface area is 206 Å². The van der Waals surface area contributed by atoms with Crippen molar-refractivity contribution in [3.05, 3.63) is 80.7 Å². The summed E-state index contributed by atoms with van der Waals surface area (Å²) in [5.41, 5.74) is 5.34. The quantitative estimate of drug-likeness (QED) is 0.292. The number of nitriles is 1. The zero-order valence-electron chi connectivity index (χ0n) is 18.1. The van der Waals surface area contributed by atoms with Gasteiger partial charge in [-0.25, -0.2) is 5.43 Å². The molecule has 2 aromatic carbocycles. The number of carbonyl (C=O) groups excluding carboxylic acids is 2. The van der Waals surface area contributed by atoms with Crippen LogP contribution >= 0.6 is 22.9 Å². The van der Waals surface area contributed by atoms with E-state index in [2.05, 4.69) is 21.9 Å². The van der Waals surface area contributed by atoms with Gasteiger partial charge in [0.1, 0.15) is 23.4 Å². The number of halogens is 1. The summed E-state index contributed by atoms with van der Waals surface area (Å²) in [5, 5.41) is 17.0. The number of thiophene rings is 1. The first-order valence-electron chi connectivity index (χ1n) is 10.7. The summed E-state index contributed by atoms with van der Waals surface area (Å²) in [6.45, 7) is 0.380. The van der Waals surface area contributed by atoms with Crippen molar-refractivity contribution >= 4 is 46.0 Å². The number of hydrogen-bond acceptors (Lipinski definition) is 6. The molecule has 34 heavy (non-hydrogen) atoms. The van der Waals surface area contributed by atoms with Crippen molar-refractivity contribution in [1.82, 2.24) is 5.43 Å². The standard InChI is InChI=1S/C25H21ClN4O3S/c26-18-10-8-16(9-11-18)15-33-19-5-3-4-17(12-19)14-28-30-24(32)23(31)29-25-21(13-27)20-6-1-2-7-22(20)34-25/h3-5,8-12,14H,1-2,6-7,15H2,(H,29,31)(H,30,32)/b28-14+. The number of fused-ring (bicyclic) bond motifs is 1. The minimum absolute atomic E-state index is 0.380. The van der Waals surface area contributed by atoms with E-state index in [9.17, 15) is 14.9 Å². The van der Waals surface area contributed by atoms with Crippen LogP contribution in [0.3, 0.4) is 0 Å². The summed E-state index contributed by atoms with van der Waals surface area (Å²) in [7, 11) is 0. The minimum Gasteiger partial charge on any atom is -0.489 e. The molecule has 172 valence electrons. The van der Waals surface area contributed by atoms with E-state index in [-0.39, 0.29) is 0 Å². The van der Waals surface area contributed by atoms with Gasteiger partial charge in [-0.1, -0.05) is 35.9 Å². The number of nitrogens with one attached hydrogen (secondary N) is 2. The number of amides is 2. The van der Waals surface area contributed by atoms with Crippen LogP contribution in [0, 0.1) is 11.3 Å². The van der Waals surface area contributed by atoms with Gasteiger partial charge in [-0.15, -0.1) is 11.3 Å². The number of carbonyl (C=O) groups is 2. The van der Waals surface area contributed by atoms with Crippen molar-refractivity contribution in [3.63, 3.8) is 0 Å². The Morgan fingerprint density at radius 2 is 1.94 bits per heavy atom. The van der Waals surface area contributed by atoms with Crippen LogP contribution in [0.2, 0.25) is 5.02 Å². The molecule has 0 spiro atoms. The topological polar surface area (TPSA) is 104 Å². The molecular formula is C25H21ClN4O3S. The van der Waals surface area contributed by atoms with Gasteiger partial charge in [0.2, 0.25) is 0 Å². The third-order valence-corrected chi connectivity index (χ3v) is 6.73. The monoisotopic (exact) mass is 492 g/mol. The lowest BCUT2D eigenvalue weighted by atomic mass is 9.96. The molecule has 1 heterocycles. The first kappa shape index (κ1) is 23.5. The fraction of sp³-hybridized carbons (Fsp3) is 0.200. The maximum Gasteiger partial charge on any atom is 0.329 e. The summed E-state index contributed by atoms with van der Waals surface area (Å²) in [6.07, 6.45) is 5.22. The molecule has 2 N–H and O–H groups in total. The van der Waals surface area contributed by atoms with E-state index in [0.29, 0.717) is 33.5 Å². The van der Waals surface area contributed by atoms with E-state index in [0.717, 1.165) is 41.7 Å². The van der Waals surface area contributed by atoms with Crippen LogP contribution in [0.15, 0.2) is 53.6 Å². The highest BCUT2D eigenvalue weighted by Crippen LogP contribution is 2.37. The van der Waals surface area contributed by atoms with E-state index >= 15 is 0 Å². The largest absolute Gasteiger partial charge is 0.489 e. The van der Waals surface area contributed by atoms with Crippen molar-refractivity contribution in [2.75, 3.05) is 5.32 Å². The van der Waals surface area contributed by atoms with E-state index < -0.39 is 11.8 Å². The summed E-state index contributed by atoms with van der Waals surface area (Å²) in [6, 6.07) is 16.7. The predicted octanol–water partition coefficient (Wildman–Crippen LogP) is 4.82. The van der Waals surface area contributed by atoms with Crippen LogP contribution in [0.5, 0.6) is 5.75 Å². The molecule has 0 atom stereocenters. The van der Waals surface area contributed by atoms with Gasteiger partial charge in [-0.2, -0.15) is 10.4 Å². The number of nitrogens with zero attached hydrogens (tertiary/aromatic N) is 2. The molecule has 4 rings (SSSR count). The molecule has 1 aliphatic carbocycles. The van der Waals surface area contributed by atoms with Gasteiger partial charge >= 0.3 is 11.8 Å². The fourth-order valence-corrected chi connectivity index (χ4v) is 4.94. The molecule has 2 amide bonds. The van der Waals surface area contributed by atoms with Crippen LogP contribution < -0.4 is 15.5 Å². The Balaban J connectivity index is 1.32. The highest BCUT2D eigenvalue weighted by Gasteiger charge is 2.23. The first-order chi connectivity index (χ1) is 16.5. The van der Waals surface area contributed by atoms with Gasteiger partial charge in [0.15, 0.2) is 0 Å². The van der Waals surface area contributed by atoms with E-state index in [1.807, 2.05) is 18.2 Å². The average Bonchev–Trinajstić information content (AvgIpc) is 3.20.